The Bertz CT molecular complexity index is 1260. The Morgan fingerprint density at radius 2 is 1.58 bits per heavy atom. The third kappa shape index (κ3) is 6.66. The van der Waals surface area contributed by atoms with E-state index in [0.717, 1.165) is 17.7 Å². The fourth-order valence-corrected chi connectivity index (χ4v) is 3.85. The van der Waals surface area contributed by atoms with E-state index in [1.54, 1.807) is 25.2 Å². The number of para-hydroxylation sites is 1. The minimum absolute atomic E-state index is 0.0541. The van der Waals surface area contributed by atoms with Crippen molar-refractivity contribution in [1.82, 2.24) is 5.43 Å². The molecule has 0 radical (unpaired) electrons. The molecule has 10 heteroatoms. The maximum Gasteiger partial charge on any atom is 0.416 e. The van der Waals surface area contributed by atoms with Crippen molar-refractivity contribution in [2.75, 3.05) is 7.05 Å². The van der Waals surface area contributed by atoms with Crippen LogP contribution >= 0.6 is 0 Å². The summed E-state index contributed by atoms with van der Waals surface area (Å²) in [5.41, 5.74) is 2.83. The van der Waals surface area contributed by atoms with Crippen LogP contribution in [0.2, 0.25) is 0 Å². The van der Waals surface area contributed by atoms with Crippen molar-refractivity contribution in [2.45, 2.75) is 17.5 Å². The maximum absolute atomic E-state index is 12.7. The van der Waals surface area contributed by atoms with E-state index in [-0.39, 0.29) is 18.1 Å². The Hall–Kier alpha value is -3.66. The lowest BCUT2D eigenvalue weighted by Crippen LogP contribution is -2.34. The van der Waals surface area contributed by atoms with Gasteiger partial charge in [-0.15, -0.1) is 10.1 Å². The number of hydrogen-bond acceptors (Lipinski definition) is 4. The van der Waals surface area contributed by atoms with Crippen LogP contribution in [0.4, 0.5) is 13.2 Å². The summed E-state index contributed by atoms with van der Waals surface area (Å²) in [7, 11) is -2.83. The maximum atomic E-state index is 12.7. The smallest absolute Gasteiger partial charge is 0.378 e. The van der Waals surface area contributed by atoms with Crippen LogP contribution in [0.15, 0.2) is 83.8 Å². The quantitative estimate of drug-likeness (QED) is 0.243. The van der Waals surface area contributed by atoms with Gasteiger partial charge in [0.2, 0.25) is 6.21 Å². The number of amides is 1. The molecule has 33 heavy (non-hydrogen) atoms. The molecule has 0 aromatic heterocycles. The minimum Gasteiger partial charge on any atom is -0.378 e. The lowest BCUT2D eigenvalue weighted by atomic mass is 10.1. The molecule has 0 spiro atoms. The number of alkyl halides is 3. The molecule has 1 N–H and O–H groups in total. The van der Waals surface area contributed by atoms with Gasteiger partial charge in [-0.05, 0) is 42.0 Å². The van der Waals surface area contributed by atoms with Crippen LogP contribution in [0.25, 0.3) is 0 Å². The molecule has 0 saturated carbocycles. The molecule has 0 fully saturated rings. The average Bonchev–Trinajstić information content (AvgIpc) is 2.75. The van der Waals surface area contributed by atoms with Crippen LogP contribution in [-0.4, -0.2) is 32.3 Å². The van der Waals surface area contributed by atoms with E-state index in [0.29, 0.717) is 17.7 Å². The molecule has 0 aliphatic heterocycles. The van der Waals surface area contributed by atoms with Gasteiger partial charge in [0.25, 0.3) is 5.91 Å². The molecule has 3 aromatic rings. The van der Waals surface area contributed by atoms with Crippen LogP contribution in [0.5, 0.6) is 5.75 Å². The number of carbonyl (C=O) groups excluding carboxylic acids is 1. The zero-order valence-electron chi connectivity index (χ0n) is 17.4. The van der Waals surface area contributed by atoms with Gasteiger partial charge in [0.1, 0.15) is 4.90 Å². The van der Waals surface area contributed by atoms with Crippen LogP contribution in [0.1, 0.15) is 16.7 Å². The first-order valence-corrected chi connectivity index (χ1v) is 11.1. The zero-order valence-corrected chi connectivity index (χ0v) is 18.2. The highest BCUT2D eigenvalue weighted by atomic mass is 32.2. The molecule has 172 valence electrons. The summed E-state index contributed by atoms with van der Waals surface area (Å²) >= 11 is 0. The number of halogens is 3. The second kappa shape index (κ2) is 9.86. The first-order valence-electron chi connectivity index (χ1n) is 9.66. The van der Waals surface area contributed by atoms with Crippen molar-refractivity contribution in [2.24, 2.45) is 0 Å². The van der Waals surface area contributed by atoms with Crippen LogP contribution in [0.3, 0.4) is 0 Å². The van der Waals surface area contributed by atoms with Crippen molar-refractivity contribution in [1.29, 1.82) is 0 Å². The van der Waals surface area contributed by atoms with Gasteiger partial charge in [-0.25, -0.2) is 0 Å². The molecule has 0 aliphatic carbocycles. The Morgan fingerprint density at radius 3 is 2.21 bits per heavy atom. The number of hydrazone groups is 1. The molecule has 3 rings (SSSR count). The van der Waals surface area contributed by atoms with Gasteiger partial charge in [0, 0.05) is 0 Å². The molecule has 1 amide bonds. The van der Waals surface area contributed by atoms with Gasteiger partial charge in [-0.2, -0.15) is 21.6 Å². The van der Waals surface area contributed by atoms with Crippen molar-refractivity contribution in [3.05, 3.63) is 95.6 Å². The standard InChI is InChI=1S/C23H19F3N2O4S/c1-28(27-22(29)15-17-7-3-2-4-8-17)16-18-9-5-6-10-21(18)32-33(30,31)20-13-11-19(12-14-20)23(24,25)26/h2-14,16H,15H2,1H3/p+1/b28-16+. The second-order valence-corrected chi connectivity index (χ2v) is 8.58. The van der Waals surface area contributed by atoms with Crippen LogP contribution in [0, 0.1) is 0 Å². The van der Waals surface area contributed by atoms with Gasteiger partial charge < -0.3 is 4.18 Å². The van der Waals surface area contributed by atoms with E-state index in [4.69, 9.17) is 4.18 Å². The topological polar surface area (TPSA) is 75.5 Å². The molecule has 0 aliphatic rings. The van der Waals surface area contributed by atoms with Gasteiger partial charge in [0.15, 0.2) is 12.8 Å². The predicted octanol–water partition coefficient (Wildman–Crippen LogP) is 3.81. The summed E-state index contributed by atoms with van der Waals surface area (Å²) in [5.74, 6) is -0.336. The fourth-order valence-electron chi connectivity index (χ4n) is 2.90. The monoisotopic (exact) mass is 477 g/mol. The summed E-state index contributed by atoms with van der Waals surface area (Å²) in [6, 6.07) is 18.3. The van der Waals surface area contributed by atoms with Crippen molar-refractivity contribution >= 4 is 22.2 Å². The largest absolute Gasteiger partial charge is 0.416 e. The molecular weight excluding hydrogens is 457 g/mol. The van der Waals surface area contributed by atoms with Gasteiger partial charge in [0.05, 0.1) is 17.5 Å². The van der Waals surface area contributed by atoms with E-state index in [1.165, 1.54) is 17.0 Å². The van der Waals surface area contributed by atoms with Crippen molar-refractivity contribution < 1.29 is 35.3 Å². The molecule has 0 unspecified atom stereocenters. The summed E-state index contributed by atoms with van der Waals surface area (Å²) in [6.07, 6.45) is -2.97. The third-order valence-electron chi connectivity index (χ3n) is 4.43. The molecule has 3 aromatic carbocycles. The third-order valence-corrected chi connectivity index (χ3v) is 5.68. The van der Waals surface area contributed by atoms with Crippen molar-refractivity contribution in [3.8, 4) is 5.75 Å². The molecule has 0 atom stereocenters. The fraction of sp³-hybridized carbons (Fsp3) is 0.130. The van der Waals surface area contributed by atoms with E-state index in [1.807, 2.05) is 30.3 Å². The highest BCUT2D eigenvalue weighted by molar-refractivity contribution is 7.87. The highest BCUT2D eigenvalue weighted by Crippen LogP contribution is 2.30. The summed E-state index contributed by atoms with van der Waals surface area (Å²) in [4.78, 5) is 11.8. The van der Waals surface area contributed by atoms with Gasteiger partial charge in [-0.3, -0.25) is 4.79 Å². The molecule has 0 bridgehead atoms. The summed E-state index contributed by atoms with van der Waals surface area (Å²) in [6.45, 7) is 0. The highest BCUT2D eigenvalue weighted by Gasteiger charge is 2.31. The number of nitrogens with one attached hydrogen (secondary N) is 1. The van der Waals surface area contributed by atoms with E-state index in [9.17, 15) is 26.4 Å². The Balaban J connectivity index is 1.76. The lowest BCUT2D eigenvalue weighted by molar-refractivity contribution is -0.541. The van der Waals surface area contributed by atoms with Gasteiger partial charge >= 0.3 is 16.3 Å². The molecular formula is C23H20F3N2O4S+. The number of nitrogens with zero attached hydrogens (tertiary/aromatic N) is 1. The van der Waals surface area contributed by atoms with E-state index < -0.39 is 26.8 Å². The summed E-state index contributed by atoms with van der Waals surface area (Å²) in [5, 5.41) is 0. The first kappa shape index (κ1) is 24.0. The normalized spacial score (nSPS) is 12.3. The minimum atomic E-state index is -4.58. The number of carbonyl (C=O) groups is 1. The first-order chi connectivity index (χ1) is 15.5. The van der Waals surface area contributed by atoms with Crippen molar-refractivity contribution in [3.63, 3.8) is 0 Å². The van der Waals surface area contributed by atoms with Crippen LogP contribution < -0.4 is 9.61 Å². The number of hydrazine groups is 1. The zero-order chi connectivity index (χ0) is 24.1. The molecule has 0 saturated heterocycles. The molecule has 6 nitrogen and oxygen atoms in total. The number of benzene rings is 3. The molecule has 0 heterocycles. The van der Waals surface area contributed by atoms with E-state index >= 15 is 0 Å². The number of rotatable bonds is 7. The second-order valence-electron chi connectivity index (χ2n) is 7.03. The Labute approximate surface area is 189 Å². The lowest BCUT2D eigenvalue weighted by Gasteiger charge is -2.10. The SMILES string of the molecule is C/[N+](=C\c1ccccc1OS(=O)(=O)c1ccc(C(F)(F)F)cc1)NC(=O)Cc1ccccc1. The predicted molar refractivity (Wildman–Crippen MR) is 115 cm³/mol. The van der Waals surface area contributed by atoms with Crippen LogP contribution in [-0.2, 0) is 27.5 Å². The van der Waals surface area contributed by atoms with Gasteiger partial charge in [-0.1, -0.05) is 42.5 Å². The average molecular weight is 477 g/mol. The Morgan fingerprint density at radius 1 is 0.970 bits per heavy atom. The Kier molecular flexibility index (Phi) is 7.17. The summed E-state index contributed by atoms with van der Waals surface area (Å²) < 4.78 is 69.9. The number of hydrogen-bond donors (Lipinski definition) is 1. The van der Waals surface area contributed by atoms with E-state index in [2.05, 4.69) is 5.43 Å².